The van der Waals surface area contributed by atoms with Gasteiger partial charge in [-0.25, -0.2) is 9.97 Å². The monoisotopic (exact) mass is 293 g/mol. The topological polar surface area (TPSA) is 78.9 Å². The Morgan fingerprint density at radius 1 is 1.24 bits per heavy atom. The van der Waals surface area contributed by atoms with Crippen LogP contribution in [0.1, 0.15) is 46.4 Å². The number of aromatic nitrogens is 2. The largest absolute Gasteiger partial charge is 0.370 e. The fraction of sp³-hybridized carbons (Fsp3) is 0.667. The summed E-state index contributed by atoms with van der Waals surface area (Å²) in [6.07, 6.45) is 0. The second kappa shape index (κ2) is 7.24. The lowest BCUT2D eigenvalue weighted by molar-refractivity contribution is -0.128. The van der Waals surface area contributed by atoms with Gasteiger partial charge in [-0.1, -0.05) is 13.8 Å². The number of anilines is 2. The third kappa shape index (κ3) is 4.88. The van der Waals surface area contributed by atoms with Crippen LogP contribution in [0.25, 0.3) is 0 Å². The second-order valence-corrected chi connectivity index (χ2v) is 6.00. The van der Waals surface area contributed by atoms with Crippen LogP contribution >= 0.6 is 0 Å². The highest BCUT2D eigenvalue weighted by Gasteiger charge is 2.26. The molecule has 1 rings (SSSR count). The van der Waals surface area contributed by atoms with E-state index in [1.165, 1.54) is 0 Å². The van der Waals surface area contributed by atoms with E-state index in [1.807, 2.05) is 26.8 Å². The SMILES string of the molecule is CCNc1cc(NCC(C)(C)C(=O)NC)nc(C(C)C)n1. The van der Waals surface area contributed by atoms with Gasteiger partial charge in [-0.05, 0) is 20.8 Å². The summed E-state index contributed by atoms with van der Waals surface area (Å²) in [6, 6.07) is 1.87. The highest BCUT2D eigenvalue weighted by molar-refractivity contribution is 5.82. The molecule has 6 heteroatoms. The van der Waals surface area contributed by atoms with Crippen molar-refractivity contribution in [3.05, 3.63) is 11.9 Å². The molecule has 0 radical (unpaired) electrons. The van der Waals surface area contributed by atoms with Crippen molar-refractivity contribution in [3.8, 4) is 0 Å². The predicted molar refractivity (Wildman–Crippen MR) is 86.6 cm³/mol. The summed E-state index contributed by atoms with van der Waals surface area (Å²) in [4.78, 5) is 20.8. The second-order valence-electron chi connectivity index (χ2n) is 6.00. The lowest BCUT2D eigenvalue weighted by Gasteiger charge is -2.23. The van der Waals surface area contributed by atoms with Crippen LogP contribution in [-0.2, 0) is 4.79 Å². The lowest BCUT2D eigenvalue weighted by atomic mass is 9.92. The molecule has 0 fully saturated rings. The summed E-state index contributed by atoms with van der Waals surface area (Å²) in [6.45, 7) is 11.2. The molecule has 0 aliphatic rings. The maximum Gasteiger partial charge on any atom is 0.227 e. The van der Waals surface area contributed by atoms with E-state index in [1.54, 1.807) is 7.05 Å². The summed E-state index contributed by atoms with van der Waals surface area (Å²) in [7, 11) is 1.65. The van der Waals surface area contributed by atoms with E-state index in [2.05, 4.69) is 39.8 Å². The molecule has 6 nitrogen and oxygen atoms in total. The van der Waals surface area contributed by atoms with Crippen molar-refractivity contribution in [2.75, 3.05) is 30.8 Å². The van der Waals surface area contributed by atoms with E-state index in [-0.39, 0.29) is 11.8 Å². The van der Waals surface area contributed by atoms with Crippen molar-refractivity contribution < 1.29 is 4.79 Å². The van der Waals surface area contributed by atoms with Crippen LogP contribution in [0.2, 0.25) is 0 Å². The number of hydrogen-bond donors (Lipinski definition) is 3. The first-order valence-electron chi connectivity index (χ1n) is 7.39. The molecular formula is C15H27N5O. The van der Waals surface area contributed by atoms with Crippen LogP contribution in [0.3, 0.4) is 0 Å². The Morgan fingerprint density at radius 2 is 1.81 bits per heavy atom. The maximum absolute atomic E-state index is 11.8. The van der Waals surface area contributed by atoms with Crippen LogP contribution in [0.15, 0.2) is 6.07 Å². The van der Waals surface area contributed by atoms with Gasteiger partial charge in [0.15, 0.2) is 0 Å². The fourth-order valence-electron chi connectivity index (χ4n) is 1.82. The summed E-state index contributed by atoms with van der Waals surface area (Å²) in [5, 5.41) is 9.12. The maximum atomic E-state index is 11.8. The summed E-state index contributed by atoms with van der Waals surface area (Å²) in [5.41, 5.74) is -0.504. The molecule has 118 valence electrons. The molecular weight excluding hydrogens is 266 g/mol. The van der Waals surface area contributed by atoms with Crippen molar-refractivity contribution in [1.82, 2.24) is 15.3 Å². The summed E-state index contributed by atoms with van der Waals surface area (Å²) in [5.74, 6) is 2.57. The van der Waals surface area contributed by atoms with Crippen molar-refractivity contribution in [1.29, 1.82) is 0 Å². The Labute approximate surface area is 127 Å². The quantitative estimate of drug-likeness (QED) is 0.718. The molecule has 0 saturated heterocycles. The van der Waals surface area contributed by atoms with Crippen molar-refractivity contribution in [2.24, 2.45) is 5.41 Å². The van der Waals surface area contributed by atoms with Gasteiger partial charge in [0.1, 0.15) is 17.5 Å². The van der Waals surface area contributed by atoms with Crippen molar-refractivity contribution in [3.63, 3.8) is 0 Å². The smallest absolute Gasteiger partial charge is 0.227 e. The highest BCUT2D eigenvalue weighted by Crippen LogP contribution is 2.20. The minimum atomic E-state index is -0.504. The third-order valence-electron chi connectivity index (χ3n) is 3.17. The van der Waals surface area contributed by atoms with Crippen LogP contribution in [0.5, 0.6) is 0 Å². The fourth-order valence-corrected chi connectivity index (χ4v) is 1.82. The van der Waals surface area contributed by atoms with E-state index in [9.17, 15) is 4.79 Å². The van der Waals surface area contributed by atoms with Gasteiger partial charge in [0.05, 0.1) is 5.41 Å². The average Bonchev–Trinajstić information content (AvgIpc) is 2.44. The number of nitrogens with one attached hydrogen (secondary N) is 3. The van der Waals surface area contributed by atoms with E-state index in [0.717, 1.165) is 24.0 Å². The van der Waals surface area contributed by atoms with Gasteiger partial charge in [0.2, 0.25) is 5.91 Å². The number of carbonyl (C=O) groups is 1. The molecule has 0 saturated carbocycles. The van der Waals surface area contributed by atoms with Crippen molar-refractivity contribution in [2.45, 2.75) is 40.5 Å². The van der Waals surface area contributed by atoms with Gasteiger partial charge < -0.3 is 16.0 Å². The number of nitrogens with zero attached hydrogens (tertiary/aromatic N) is 2. The Balaban J connectivity index is 2.89. The lowest BCUT2D eigenvalue weighted by Crippen LogP contribution is -2.39. The van der Waals surface area contributed by atoms with Gasteiger partial charge in [0, 0.05) is 32.1 Å². The van der Waals surface area contributed by atoms with E-state index in [0.29, 0.717) is 6.54 Å². The molecule has 0 aliphatic carbocycles. The Kier molecular flexibility index (Phi) is 5.93. The number of rotatable bonds is 7. The molecule has 1 aromatic rings. The van der Waals surface area contributed by atoms with Crippen LogP contribution in [-0.4, -0.2) is 36.0 Å². The van der Waals surface area contributed by atoms with Gasteiger partial charge in [0.25, 0.3) is 0 Å². The molecule has 0 unspecified atom stereocenters. The van der Waals surface area contributed by atoms with E-state index >= 15 is 0 Å². The molecule has 0 aromatic carbocycles. The molecule has 0 aliphatic heterocycles. The number of amides is 1. The zero-order chi connectivity index (χ0) is 16.0. The first kappa shape index (κ1) is 17.2. The van der Waals surface area contributed by atoms with Crippen molar-refractivity contribution >= 4 is 17.5 Å². The first-order valence-corrected chi connectivity index (χ1v) is 7.39. The molecule has 0 atom stereocenters. The Hall–Kier alpha value is -1.85. The van der Waals surface area contributed by atoms with Crippen LogP contribution < -0.4 is 16.0 Å². The minimum absolute atomic E-state index is 0.0000424. The van der Waals surface area contributed by atoms with Crippen LogP contribution in [0, 0.1) is 5.41 Å². The molecule has 21 heavy (non-hydrogen) atoms. The van der Waals surface area contributed by atoms with Crippen LogP contribution in [0.4, 0.5) is 11.6 Å². The summed E-state index contributed by atoms with van der Waals surface area (Å²) >= 11 is 0. The Morgan fingerprint density at radius 3 is 2.29 bits per heavy atom. The van der Waals surface area contributed by atoms with E-state index in [4.69, 9.17) is 0 Å². The molecule has 1 amide bonds. The normalized spacial score (nSPS) is 11.4. The molecule has 0 spiro atoms. The number of carbonyl (C=O) groups excluding carboxylic acids is 1. The minimum Gasteiger partial charge on any atom is -0.370 e. The predicted octanol–water partition coefficient (Wildman–Crippen LogP) is 2.22. The standard InChI is InChI=1S/C15H27N5O/c1-7-17-11-8-12(20-13(19-11)10(2)3)18-9-15(4,5)14(21)16-6/h8,10H,7,9H2,1-6H3,(H,16,21)(H2,17,18,19,20). The third-order valence-corrected chi connectivity index (χ3v) is 3.17. The molecule has 1 heterocycles. The zero-order valence-electron chi connectivity index (χ0n) is 13.9. The zero-order valence-corrected chi connectivity index (χ0v) is 13.9. The molecule has 3 N–H and O–H groups in total. The molecule has 1 aromatic heterocycles. The first-order chi connectivity index (χ1) is 9.80. The average molecular weight is 293 g/mol. The van der Waals surface area contributed by atoms with Gasteiger partial charge in [-0.15, -0.1) is 0 Å². The Bertz CT molecular complexity index is 485. The summed E-state index contributed by atoms with van der Waals surface area (Å²) < 4.78 is 0. The van der Waals surface area contributed by atoms with Gasteiger partial charge in [-0.2, -0.15) is 0 Å². The van der Waals surface area contributed by atoms with E-state index < -0.39 is 5.41 Å². The number of hydrogen-bond acceptors (Lipinski definition) is 5. The highest BCUT2D eigenvalue weighted by atomic mass is 16.2. The van der Waals surface area contributed by atoms with Gasteiger partial charge in [-0.3, -0.25) is 4.79 Å². The van der Waals surface area contributed by atoms with Gasteiger partial charge >= 0.3 is 0 Å². The molecule has 0 bridgehead atoms.